The molecule has 4 amide bonds. The third-order valence-electron chi connectivity index (χ3n) is 9.84. The summed E-state index contributed by atoms with van der Waals surface area (Å²) in [5, 5.41) is 8.01. The third-order valence-corrected chi connectivity index (χ3v) is 9.84. The van der Waals surface area contributed by atoms with E-state index in [0.717, 1.165) is 52.2 Å². The Kier molecular flexibility index (Phi) is 13.1. The molecule has 2 aromatic carbocycles. The van der Waals surface area contributed by atoms with E-state index in [4.69, 9.17) is 14.2 Å². The lowest BCUT2D eigenvalue weighted by Crippen LogP contribution is -2.54. The highest BCUT2D eigenvalue weighted by Gasteiger charge is 2.38. The molecule has 3 heterocycles. The molecule has 0 unspecified atom stereocenters. The summed E-state index contributed by atoms with van der Waals surface area (Å²) in [6.07, 6.45) is 0.815. The number of imidazole rings is 1. The number of hydrogen-bond acceptors (Lipinski definition) is 9. The van der Waals surface area contributed by atoms with Crippen LogP contribution in [0, 0.1) is 0 Å². The minimum absolute atomic E-state index is 0.157. The Morgan fingerprint density at radius 3 is 1.81 bits per heavy atom. The molecule has 0 saturated carbocycles. The van der Waals surface area contributed by atoms with E-state index in [1.165, 1.54) is 28.4 Å². The molecule has 1 saturated heterocycles. The number of aromatic nitrogens is 3. The van der Waals surface area contributed by atoms with Gasteiger partial charge in [0, 0.05) is 32.2 Å². The van der Waals surface area contributed by atoms with Gasteiger partial charge in [-0.3, -0.25) is 9.59 Å². The second kappa shape index (κ2) is 17.9. The fraction of sp³-hybridized carbons (Fsp3) is 0.410. The van der Waals surface area contributed by atoms with Crippen molar-refractivity contribution >= 4 is 24.0 Å². The molecular weight excluding hydrogens is 694 g/mol. The lowest BCUT2D eigenvalue weighted by atomic mass is 10.0. The molecule has 5 N–H and O–H groups in total. The van der Waals surface area contributed by atoms with Crippen LogP contribution in [0.1, 0.15) is 57.2 Å². The average molecular weight is 744 g/mol. The molecule has 54 heavy (non-hydrogen) atoms. The zero-order valence-electron chi connectivity index (χ0n) is 31.6. The zero-order chi connectivity index (χ0) is 38.9. The molecule has 15 nitrogen and oxygen atoms in total. The van der Waals surface area contributed by atoms with Crippen molar-refractivity contribution in [3.05, 3.63) is 78.4 Å². The Morgan fingerprint density at radius 2 is 1.24 bits per heavy atom. The van der Waals surface area contributed by atoms with Crippen LogP contribution >= 0.6 is 0 Å². The summed E-state index contributed by atoms with van der Waals surface area (Å²) in [7, 11) is 5.45. The summed E-state index contributed by atoms with van der Waals surface area (Å²) in [6, 6.07) is 17.9. The number of H-pyrrole nitrogens is 2. The summed E-state index contributed by atoms with van der Waals surface area (Å²) < 4.78 is 20.1. The van der Waals surface area contributed by atoms with Gasteiger partial charge < -0.3 is 49.8 Å². The van der Waals surface area contributed by atoms with Gasteiger partial charge in [-0.05, 0) is 68.0 Å². The molecule has 5 rings (SSSR count). The number of nitrogens with one attached hydrogen (secondary N) is 5. The summed E-state index contributed by atoms with van der Waals surface area (Å²) in [4.78, 5) is 63.4. The van der Waals surface area contributed by atoms with Gasteiger partial charge >= 0.3 is 12.2 Å². The molecule has 0 aliphatic carbocycles. The van der Waals surface area contributed by atoms with Gasteiger partial charge in [0.25, 0.3) is 0 Å². The first-order chi connectivity index (χ1) is 26.0. The Labute approximate surface area is 314 Å². The Bertz CT molecular complexity index is 1890. The van der Waals surface area contributed by atoms with Crippen LogP contribution in [0.3, 0.4) is 0 Å². The van der Waals surface area contributed by atoms with E-state index in [0.29, 0.717) is 12.4 Å². The second-order valence-electron chi connectivity index (χ2n) is 13.2. The smallest absolute Gasteiger partial charge is 0.407 e. The van der Waals surface area contributed by atoms with Crippen LogP contribution in [-0.2, 0) is 28.5 Å². The molecular formula is C39H49N7O8. The maximum atomic E-state index is 13.6. The topological polar surface area (TPSA) is 189 Å². The molecule has 1 aliphatic heterocycles. The number of hydrogen-bond donors (Lipinski definition) is 5. The van der Waals surface area contributed by atoms with Crippen LogP contribution in [-0.4, -0.2) is 103 Å². The van der Waals surface area contributed by atoms with Gasteiger partial charge in [-0.1, -0.05) is 48.5 Å². The summed E-state index contributed by atoms with van der Waals surface area (Å²) >= 11 is 0. The normalized spacial score (nSPS) is 16.8. The number of benzene rings is 2. The van der Waals surface area contributed by atoms with Crippen LogP contribution in [0.15, 0.2) is 66.9 Å². The number of carbonyl (C=O) groups is 4. The second-order valence-corrected chi connectivity index (χ2v) is 13.2. The van der Waals surface area contributed by atoms with E-state index in [2.05, 4.69) is 59.9 Å². The highest BCUT2D eigenvalue weighted by atomic mass is 16.5. The maximum Gasteiger partial charge on any atom is 0.407 e. The van der Waals surface area contributed by atoms with E-state index in [1.54, 1.807) is 31.9 Å². The van der Waals surface area contributed by atoms with E-state index in [1.807, 2.05) is 36.4 Å². The van der Waals surface area contributed by atoms with Gasteiger partial charge in [-0.15, -0.1) is 0 Å². The minimum Gasteiger partial charge on any atom is -0.453 e. The van der Waals surface area contributed by atoms with Gasteiger partial charge in [-0.25, -0.2) is 14.6 Å². The molecule has 0 radical (unpaired) electrons. The van der Waals surface area contributed by atoms with E-state index < -0.39 is 48.4 Å². The van der Waals surface area contributed by atoms with Crippen molar-refractivity contribution in [2.75, 3.05) is 35.0 Å². The zero-order valence-corrected chi connectivity index (χ0v) is 31.6. The number of carbonyl (C=O) groups excluding carboxylic acids is 4. The number of nitrogens with zero attached hydrogens (tertiary/aromatic N) is 2. The average Bonchev–Trinajstić information content (AvgIpc) is 4.00. The first-order valence-electron chi connectivity index (χ1n) is 17.8. The quantitative estimate of drug-likeness (QED) is 0.117. The van der Waals surface area contributed by atoms with Crippen LogP contribution in [0.4, 0.5) is 9.59 Å². The molecule has 1 fully saturated rings. The molecule has 6 atom stereocenters. The molecule has 2 aromatic heterocycles. The Hall–Kier alpha value is -5.67. The monoisotopic (exact) mass is 743 g/mol. The molecule has 1 aliphatic rings. The highest BCUT2D eigenvalue weighted by molar-refractivity contribution is 5.87. The number of amides is 4. The number of methoxy groups -OCH3 is 4. The van der Waals surface area contributed by atoms with E-state index in [-0.39, 0.29) is 11.9 Å². The SMILES string of the molecule is COC(=O)N[C@H](C(=O)N[C@@H](C)c1ncc(-c2ccc(-c3ccc(-c4ccc([C@@H]5CCCN5C(=O)[C@@H](NC(=O)OC)[C@@H](C)OC)[nH]4)cc3)cc2)[nH]1)[C@@H](C)OC. The largest absolute Gasteiger partial charge is 0.453 e. The van der Waals surface area contributed by atoms with Gasteiger partial charge in [0.2, 0.25) is 11.8 Å². The molecule has 0 spiro atoms. The minimum atomic E-state index is -0.954. The lowest BCUT2D eigenvalue weighted by molar-refractivity contribution is -0.137. The first kappa shape index (κ1) is 39.5. The van der Waals surface area contributed by atoms with Crippen molar-refractivity contribution in [1.29, 1.82) is 0 Å². The predicted molar refractivity (Wildman–Crippen MR) is 201 cm³/mol. The summed E-state index contributed by atoms with van der Waals surface area (Å²) in [6.45, 7) is 5.79. The first-order valence-corrected chi connectivity index (χ1v) is 17.8. The van der Waals surface area contributed by atoms with E-state index in [9.17, 15) is 19.2 Å². The maximum absolute atomic E-state index is 13.6. The van der Waals surface area contributed by atoms with Crippen molar-refractivity contribution < 1.29 is 38.1 Å². The Balaban J connectivity index is 1.22. The van der Waals surface area contributed by atoms with Gasteiger partial charge in [0.15, 0.2) is 0 Å². The molecule has 0 bridgehead atoms. The standard InChI is InChI=1S/C39H49N7O8/c1-22(41-36(47)33(23(2)51-4)44-38(49)53-6)35-40-21-31(43-35)28-16-12-26(13-17-28)25-10-14-27(15-11-25)29-18-19-30(42-29)32-9-8-20-46(32)37(48)34(24(3)52-5)45-39(50)54-7/h10-19,21-24,32-34,42H,8-9,20H2,1-7H3,(H,40,43)(H,41,47)(H,44,49)(H,45,50)/t22-,23+,24+,32-,33-,34-/m0/s1. The number of aromatic amines is 2. The number of likely N-dealkylation sites (tertiary alicyclic amines) is 1. The van der Waals surface area contributed by atoms with Crippen LogP contribution in [0.5, 0.6) is 0 Å². The van der Waals surface area contributed by atoms with Gasteiger partial charge in [0.1, 0.15) is 17.9 Å². The van der Waals surface area contributed by atoms with Gasteiger partial charge in [-0.2, -0.15) is 0 Å². The van der Waals surface area contributed by atoms with Gasteiger partial charge in [0.05, 0.1) is 50.4 Å². The highest BCUT2D eigenvalue weighted by Crippen LogP contribution is 2.34. The van der Waals surface area contributed by atoms with Crippen LogP contribution < -0.4 is 16.0 Å². The number of ether oxygens (including phenoxy) is 4. The van der Waals surface area contributed by atoms with E-state index >= 15 is 0 Å². The van der Waals surface area contributed by atoms with Crippen LogP contribution in [0.25, 0.3) is 33.6 Å². The fourth-order valence-electron chi connectivity index (χ4n) is 6.49. The third kappa shape index (κ3) is 9.09. The van der Waals surface area contributed by atoms with Crippen molar-refractivity contribution in [2.24, 2.45) is 0 Å². The lowest BCUT2D eigenvalue weighted by Gasteiger charge is -2.31. The van der Waals surface area contributed by atoms with Crippen molar-refractivity contribution in [2.45, 2.75) is 70.0 Å². The Morgan fingerprint density at radius 1 is 0.704 bits per heavy atom. The van der Waals surface area contributed by atoms with Crippen molar-refractivity contribution in [3.8, 4) is 33.6 Å². The number of alkyl carbamates (subject to hydrolysis) is 2. The van der Waals surface area contributed by atoms with Crippen molar-refractivity contribution in [1.82, 2.24) is 35.8 Å². The van der Waals surface area contributed by atoms with Crippen molar-refractivity contribution in [3.63, 3.8) is 0 Å². The summed E-state index contributed by atoms with van der Waals surface area (Å²) in [5.74, 6) is -0.0926. The van der Waals surface area contributed by atoms with Crippen LogP contribution in [0.2, 0.25) is 0 Å². The molecule has 15 heteroatoms. The summed E-state index contributed by atoms with van der Waals surface area (Å²) in [5.41, 5.74) is 6.66. The number of rotatable bonds is 14. The predicted octanol–water partition coefficient (Wildman–Crippen LogP) is 5.10. The molecule has 4 aromatic rings. The molecule has 288 valence electrons. The fourth-order valence-corrected chi connectivity index (χ4v) is 6.49.